The number of allylic oxidation sites excluding steroid dienone is 1. The fourth-order valence-corrected chi connectivity index (χ4v) is 2.09. The summed E-state index contributed by atoms with van der Waals surface area (Å²) in [5, 5.41) is 0. The van der Waals surface area contributed by atoms with E-state index in [2.05, 4.69) is 0 Å². The van der Waals surface area contributed by atoms with Gasteiger partial charge in [0.05, 0.1) is 0 Å². The zero-order valence-corrected chi connectivity index (χ0v) is 11.4. The summed E-state index contributed by atoms with van der Waals surface area (Å²) in [4.78, 5) is 23.9. The van der Waals surface area contributed by atoms with Crippen molar-refractivity contribution in [3.05, 3.63) is 41.0 Å². The van der Waals surface area contributed by atoms with E-state index in [1.165, 1.54) is 13.8 Å². The number of carbonyl (C=O) groups excluding carboxylic acids is 2. The van der Waals surface area contributed by atoms with Crippen LogP contribution >= 0.6 is 0 Å². The first-order chi connectivity index (χ1) is 8.82. The standard InChI is InChI=1S/C15H16O4/c1-9-7-5-6-8-11(9)10(2)12-13(16)18-15(3,4)19-14(12)17/h5-8H,1-4H3. The van der Waals surface area contributed by atoms with Crippen molar-refractivity contribution in [1.29, 1.82) is 0 Å². The largest absolute Gasteiger partial charge is 0.419 e. The van der Waals surface area contributed by atoms with Crippen LogP contribution in [-0.4, -0.2) is 17.7 Å². The van der Waals surface area contributed by atoms with E-state index < -0.39 is 17.7 Å². The van der Waals surface area contributed by atoms with Gasteiger partial charge in [0.2, 0.25) is 0 Å². The summed E-state index contributed by atoms with van der Waals surface area (Å²) in [5.41, 5.74) is 2.36. The first-order valence-corrected chi connectivity index (χ1v) is 6.05. The van der Waals surface area contributed by atoms with Gasteiger partial charge in [-0.3, -0.25) is 0 Å². The molecule has 19 heavy (non-hydrogen) atoms. The van der Waals surface area contributed by atoms with Gasteiger partial charge in [0.25, 0.3) is 5.79 Å². The van der Waals surface area contributed by atoms with Gasteiger partial charge in [0, 0.05) is 13.8 Å². The van der Waals surface area contributed by atoms with Crippen LogP contribution in [0.4, 0.5) is 0 Å². The topological polar surface area (TPSA) is 52.6 Å². The van der Waals surface area contributed by atoms with Gasteiger partial charge < -0.3 is 9.47 Å². The number of benzene rings is 1. The Labute approximate surface area is 112 Å². The molecule has 0 spiro atoms. The maximum Gasteiger partial charge on any atom is 0.349 e. The number of aryl methyl sites for hydroxylation is 1. The van der Waals surface area contributed by atoms with E-state index in [4.69, 9.17) is 9.47 Å². The minimum absolute atomic E-state index is 0.0337. The third-order valence-electron chi connectivity index (χ3n) is 3.01. The van der Waals surface area contributed by atoms with Gasteiger partial charge in [-0.2, -0.15) is 0 Å². The smallest absolute Gasteiger partial charge is 0.349 e. The fourth-order valence-electron chi connectivity index (χ4n) is 2.09. The summed E-state index contributed by atoms with van der Waals surface area (Å²) >= 11 is 0. The average Bonchev–Trinajstić information content (AvgIpc) is 2.26. The van der Waals surface area contributed by atoms with Gasteiger partial charge in [-0.25, -0.2) is 9.59 Å². The molecule has 0 radical (unpaired) electrons. The Morgan fingerprint density at radius 1 is 1.05 bits per heavy atom. The molecule has 1 aromatic rings. The molecule has 2 rings (SSSR count). The molecule has 0 aliphatic carbocycles. The summed E-state index contributed by atoms with van der Waals surface area (Å²) in [6.07, 6.45) is 0. The molecule has 1 fully saturated rings. The predicted octanol–water partition coefficient (Wildman–Crippen LogP) is 2.60. The molecule has 4 nitrogen and oxygen atoms in total. The molecule has 4 heteroatoms. The zero-order valence-electron chi connectivity index (χ0n) is 11.4. The van der Waals surface area contributed by atoms with Crippen LogP contribution in [0.2, 0.25) is 0 Å². The van der Waals surface area contributed by atoms with Gasteiger partial charge in [0.15, 0.2) is 0 Å². The van der Waals surface area contributed by atoms with Crippen LogP contribution in [0.15, 0.2) is 29.8 Å². The van der Waals surface area contributed by atoms with E-state index in [1.807, 2.05) is 31.2 Å². The number of rotatable bonds is 1. The highest BCUT2D eigenvalue weighted by Crippen LogP contribution is 2.29. The normalized spacial score (nSPS) is 17.8. The monoisotopic (exact) mass is 260 g/mol. The molecule has 100 valence electrons. The number of hydrogen-bond acceptors (Lipinski definition) is 4. The number of cyclic esters (lactones) is 2. The first kappa shape index (κ1) is 13.3. The lowest BCUT2D eigenvalue weighted by atomic mass is 9.97. The molecule has 0 bridgehead atoms. The van der Waals surface area contributed by atoms with Crippen molar-refractivity contribution in [1.82, 2.24) is 0 Å². The molecule has 0 saturated carbocycles. The van der Waals surface area contributed by atoms with Crippen LogP contribution in [0, 0.1) is 6.92 Å². The Balaban J connectivity index is 2.50. The van der Waals surface area contributed by atoms with Crippen molar-refractivity contribution in [2.24, 2.45) is 0 Å². The van der Waals surface area contributed by atoms with E-state index in [9.17, 15) is 9.59 Å². The van der Waals surface area contributed by atoms with Gasteiger partial charge in [0.1, 0.15) is 5.57 Å². The summed E-state index contributed by atoms with van der Waals surface area (Å²) in [5.74, 6) is -2.48. The molecule has 0 aromatic heterocycles. The third kappa shape index (κ3) is 2.52. The number of esters is 2. The lowest BCUT2D eigenvalue weighted by Gasteiger charge is -2.30. The highest BCUT2D eigenvalue weighted by Gasteiger charge is 2.40. The van der Waals surface area contributed by atoms with E-state index in [0.29, 0.717) is 5.57 Å². The molecule has 1 saturated heterocycles. The summed E-state index contributed by atoms with van der Waals surface area (Å²) in [6, 6.07) is 7.54. The number of hydrogen-bond donors (Lipinski definition) is 0. The van der Waals surface area contributed by atoms with E-state index in [1.54, 1.807) is 6.92 Å². The van der Waals surface area contributed by atoms with E-state index in [-0.39, 0.29) is 5.57 Å². The molecule has 1 aliphatic rings. The van der Waals surface area contributed by atoms with Crippen molar-refractivity contribution < 1.29 is 19.1 Å². The highest BCUT2D eigenvalue weighted by molar-refractivity contribution is 6.21. The quantitative estimate of drug-likeness (QED) is 0.442. The van der Waals surface area contributed by atoms with Crippen LogP contribution in [0.25, 0.3) is 5.57 Å². The minimum atomic E-state index is -1.20. The maximum absolute atomic E-state index is 12.0. The second-order valence-corrected chi connectivity index (χ2v) is 4.99. The second-order valence-electron chi connectivity index (χ2n) is 4.99. The van der Waals surface area contributed by atoms with Crippen LogP contribution in [0.5, 0.6) is 0 Å². The van der Waals surface area contributed by atoms with Crippen LogP contribution in [0.1, 0.15) is 31.9 Å². The lowest BCUT2D eigenvalue weighted by molar-refractivity contribution is -0.222. The Morgan fingerprint density at radius 2 is 1.58 bits per heavy atom. The van der Waals surface area contributed by atoms with Gasteiger partial charge in [-0.1, -0.05) is 24.3 Å². The number of ether oxygens (including phenoxy) is 2. The maximum atomic E-state index is 12.0. The molecule has 1 heterocycles. The molecule has 0 amide bonds. The Kier molecular flexibility index (Phi) is 3.18. The highest BCUT2D eigenvalue weighted by atomic mass is 16.7. The summed E-state index contributed by atoms with van der Waals surface area (Å²) in [6.45, 7) is 6.70. The molecular weight excluding hydrogens is 244 g/mol. The van der Waals surface area contributed by atoms with Gasteiger partial charge in [-0.15, -0.1) is 0 Å². The second kappa shape index (κ2) is 4.53. The van der Waals surface area contributed by atoms with Crippen LogP contribution in [0.3, 0.4) is 0 Å². The summed E-state index contributed by atoms with van der Waals surface area (Å²) in [7, 11) is 0. The SMILES string of the molecule is CC(=C1C(=O)OC(C)(C)OC1=O)c1ccccc1C. The van der Waals surface area contributed by atoms with Gasteiger partial charge in [-0.05, 0) is 30.5 Å². The van der Waals surface area contributed by atoms with Crippen molar-refractivity contribution in [3.63, 3.8) is 0 Å². The Bertz CT molecular complexity index is 560. The Morgan fingerprint density at radius 3 is 2.11 bits per heavy atom. The van der Waals surface area contributed by atoms with Crippen molar-refractivity contribution >= 4 is 17.5 Å². The molecule has 1 aromatic carbocycles. The first-order valence-electron chi connectivity index (χ1n) is 6.05. The molecule has 0 unspecified atom stereocenters. The van der Waals surface area contributed by atoms with Crippen molar-refractivity contribution in [3.8, 4) is 0 Å². The minimum Gasteiger partial charge on any atom is -0.419 e. The zero-order chi connectivity index (χ0) is 14.2. The van der Waals surface area contributed by atoms with Crippen molar-refractivity contribution in [2.75, 3.05) is 0 Å². The summed E-state index contributed by atoms with van der Waals surface area (Å²) < 4.78 is 10.2. The average molecular weight is 260 g/mol. The molecular formula is C15H16O4. The predicted molar refractivity (Wildman–Crippen MR) is 70.0 cm³/mol. The van der Waals surface area contributed by atoms with E-state index in [0.717, 1.165) is 11.1 Å². The fraction of sp³-hybridized carbons (Fsp3) is 0.333. The van der Waals surface area contributed by atoms with Crippen molar-refractivity contribution in [2.45, 2.75) is 33.5 Å². The van der Waals surface area contributed by atoms with Gasteiger partial charge >= 0.3 is 11.9 Å². The number of carbonyl (C=O) groups is 2. The third-order valence-corrected chi connectivity index (χ3v) is 3.01. The van der Waals surface area contributed by atoms with Crippen LogP contribution < -0.4 is 0 Å². The molecule has 0 N–H and O–H groups in total. The molecule has 0 atom stereocenters. The lowest BCUT2D eigenvalue weighted by Crippen LogP contribution is -2.42. The van der Waals surface area contributed by atoms with E-state index >= 15 is 0 Å². The van der Waals surface area contributed by atoms with Crippen LogP contribution in [-0.2, 0) is 19.1 Å². The molecule has 1 aliphatic heterocycles. The Hall–Kier alpha value is -2.10.